The summed E-state index contributed by atoms with van der Waals surface area (Å²) in [5.41, 5.74) is 3.60. The summed E-state index contributed by atoms with van der Waals surface area (Å²) in [6.07, 6.45) is 0. The third kappa shape index (κ3) is 2.74. The number of phenols is 2. The fraction of sp³-hybridized carbons (Fsp3) is 0. The Labute approximate surface area is 145 Å². The lowest BCUT2D eigenvalue weighted by atomic mass is 10.1. The van der Waals surface area contributed by atoms with E-state index in [0.29, 0.717) is 16.8 Å². The van der Waals surface area contributed by atoms with Gasteiger partial charge in [-0.2, -0.15) is 5.10 Å². The number of para-hydroxylation sites is 3. The number of nitrogens with zero attached hydrogens (tertiary/aromatic N) is 2. The Balaban J connectivity index is 1.96. The van der Waals surface area contributed by atoms with Crippen LogP contribution in [0.3, 0.4) is 0 Å². The number of hydrogen-bond donors (Lipinski definition) is 2. The maximum Gasteiger partial charge on any atom is 0.125 e. The second-order valence-corrected chi connectivity index (χ2v) is 5.70. The van der Waals surface area contributed by atoms with Crippen LogP contribution in [0.1, 0.15) is 0 Å². The Morgan fingerprint density at radius 1 is 0.640 bits per heavy atom. The number of benzene rings is 3. The Bertz CT molecular complexity index is 1020. The number of aromatic hydroxyl groups is 2. The van der Waals surface area contributed by atoms with E-state index in [9.17, 15) is 10.2 Å². The number of hydrogen-bond acceptors (Lipinski definition) is 3. The molecule has 2 N–H and O–H groups in total. The molecular formula is C21H16N2O2. The quantitative estimate of drug-likeness (QED) is 0.577. The lowest BCUT2D eigenvalue weighted by Crippen LogP contribution is -1.99. The Kier molecular flexibility index (Phi) is 3.71. The van der Waals surface area contributed by atoms with Gasteiger partial charge in [-0.25, -0.2) is 4.68 Å². The summed E-state index contributed by atoms with van der Waals surface area (Å²) in [4.78, 5) is 0. The minimum Gasteiger partial charge on any atom is -0.507 e. The normalized spacial score (nSPS) is 10.7. The highest BCUT2D eigenvalue weighted by molar-refractivity contribution is 5.76. The van der Waals surface area contributed by atoms with Crippen LogP contribution in [0.25, 0.3) is 28.2 Å². The van der Waals surface area contributed by atoms with Gasteiger partial charge in [0.1, 0.15) is 11.5 Å². The van der Waals surface area contributed by atoms with Crippen LogP contribution < -0.4 is 0 Å². The maximum atomic E-state index is 10.3. The molecule has 122 valence electrons. The monoisotopic (exact) mass is 328 g/mol. The fourth-order valence-electron chi connectivity index (χ4n) is 2.85. The van der Waals surface area contributed by atoms with E-state index in [4.69, 9.17) is 0 Å². The molecule has 0 saturated carbocycles. The number of aromatic nitrogens is 2. The molecule has 1 heterocycles. The molecule has 4 nitrogen and oxygen atoms in total. The summed E-state index contributed by atoms with van der Waals surface area (Å²) in [5, 5.41) is 25.1. The lowest BCUT2D eigenvalue weighted by molar-refractivity contribution is 0.476. The van der Waals surface area contributed by atoms with E-state index < -0.39 is 0 Å². The van der Waals surface area contributed by atoms with Crippen molar-refractivity contribution in [1.29, 1.82) is 0 Å². The smallest absolute Gasteiger partial charge is 0.125 e. The van der Waals surface area contributed by atoms with E-state index in [-0.39, 0.29) is 11.5 Å². The highest BCUT2D eigenvalue weighted by Gasteiger charge is 2.16. The predicted molar refractivity (Wildman–Crippen MR) is 97.8 cm³/mol. The van der Waals surface area contributed by atoms with Crippen LogP contribution in [-0.2, 0) is 0 Å². The Morgan fingerprint density at radius 2 is 1.20 bits per heavy atom. The van der Waals surface area contributed by atoms with Crippen molar-refractivity contribution in [2.24, 2.45) is 0 Å². The predicted octanol–water partition coefficient (Wildman–Crippen LogP) is 4.62. The van der Waals surface area contributed by atoms with Gasteiger partial charge in [-0.3, -0.25) is 0 Å². The first-order chi connectivity index (χ1) is 12.2. The molecule has 0 radical (unpaired) electrons. The van der Waals surface area contributed by atoms with Gasteiger partial charge in [-0.05, 0) is 42.5 Å². The van der Waals surface area contributed by atoms with Crippen molar-refractivity contribution >= 4 is 0 Å². The van der Waals surface area contributed by atoms with E-state index in [2.05, 4.69) is 5.10 Å². The van der Waals surface area contributed by atoms with Gasteiger partial charge in [0, 0.05) is 11.1 Å². The molecule has 0 aliphatic carbocycles. The zero-order valence-corrected chi connectivity index (χ0v) is 13.4. The van der Waals surface area contributed by atoms with Crippen LogP contribution in [0.5, 0.6) is 11.5 Å². The van der Waals surface area contributed by atoms with E-state index >= 15 is 0 Å². The van der Waals surface area contributed by atoms with Gasteiger partial charge in [0.05, 0.1) is 17.1 Å². The molecule has 25 heavy (non-hydrogen) atoms. The topological polar surface area (TPSA) is 58.3 Å². The first kappa shape index (κ1) is 15.0. The van der Waals surface area contributed by atoms with Crippen molar-refractivity contribution in [3.63, 3.8) is 0 Å². The molecular weight excluding hydrogens is 312 g/mol. The lowest BCUT2D eigenvalue weighted by Gasteiger charge is -2.08. The second-order valence-electron chi connectivity index (χ2n) is 5.70. The van der Waals surface area contributed by atoms with Crippen LogP contribution >= 0.6 is 0 Å². The molecule has 4 rings (SSSR count). The molecule has 0 aliphatic heterocycles. The first-order valence-electron chi connectivity index (χ1n) is 7.96. The molecule has 0 amide bonds. The molecule has 0 fully saturated rings. The third-order valence-electron chi connectivity index (χ3n) is 4.07. The van der Waals surface area contributed by atoms with Gasteiger partial charge in [0.25, 0.3) is 0 Å². The van der Waals surface area contributed by atoms with Crippen molar-refractivity contribution in [3.05, 3.63) is 84.9 Å². The van der Waals surface area contributed by atoms with Crippen LogP contribution in [0, 0.1) is 0 Å². The second kappa shape index (κ2) is 6.17. The zero-order chi connectivity index (χ0) is 17.2. The standard InChI is InChI=1S/C21H16N2O2/c24-20-12-6-4-10-16(20)18-14-19(17-11-5-7-13-21(17)25)23(22-18)15-8-2-1-3-9-15/h1-14,24-25H. The molecule has 3 aromatic carbocycles. The molecule has 0 bridgehead atoms. The minimum absolute atomic E-state index is 0.170. The summed E-state index contributed by atoms with van der Waals surface area (Å²) in [5.74, 6) is 0.354. The van der Waals surface area contributed by atoms with Crippen molar-refractivity contribution in [2.45, 2.75) is 0 Å². The fourth-order valence-corrected chi connectivity index (χ4v) is 2.85. The van der Waals surface area contributed by atoms with E-state index in [1.807, 2.05) is 60.7 Å². The Hall–Kier alpha value is -3.53. The van der Waals surface area contributed by atoms with Crippen molar-refractivity contribution < 1.29 is 10.2 Å². The van der Waals surface area contributed by atoms with Crippen LogP contribution in [0.4, 0.5) is 0 Å². The summed E-state index contributed by atoms with van der Waals surface area (Å²) < 4.78 is 1.77. The van der Waals surface area contributed by atoms with Gasteiger partial charge < -0.3 is 10.2 Å². The molecule has 0 spiro atoms. The molecule has 4 aromatic rings. The average Bonchev–Trinajstić information content (AvgIpc) is 3.08. The van der Waals surface area contributed by atoms with E-state index in [0.717, 1.165) is 11.4 Å². The molecule has 4 heteroatoms. The first-order valence-corrected chi connectivity index (χ1v) is 7.96. The van der Waals surface area contributed by atoms with Crippen LogP contribution in [0.2, 0.25) is 0 Å². The highest BCUT2D eigenvalue weighted by atomic mass is 16.3. The molecule has 0 saturated heterocycles. The SMILES string of the molecule is Oc1ccccc1-c1cc(-c2ccccc2O)n(-c2ccccc2)n1. The van der Waals surface area contributed by atoms with Gasteiger partial charge in [-0.1, -0.05) is 42.5 Å². The zero-order valence-electron chi connectivity index (χ0n) is 13.4. The third-order valence-corrected chi connectivity index (χ3v) is 4.07. The molecule has 0 atom stereocenters. The summed E-state index contributed by atoms with van der Waals surface area (Å²) >= 11 is 0. The molecule has 0 unspecified atom stereocenters. The molecule has 0 aliphatic rings. The largest absolute Gasteiger partial charge is 0.507 e. The summed E-state index contributed by atoms with van der Waals surface area (Å²) in [6.45, 7) is 0. The van der Waals surface area contributed by atoms with E-state index in [1.165, 1.54) is 0 Å². The Morgan fingerprint density at radius 3 is 1.84 bits per heavy atom. The number of phenolic OH excluding ortho intramolecular Hbond substituents is 2. The highest BCUT2D eigenvalue weighted by Crippen LogP contribution is 2.35. The minimum atomic E-state index is 0.170. The van der Waals surface area contributed by atoms with Crippen LogP contribution in [-0.4, -0.2) is 20.0 Å². The van der Waals surface area contributed by atoms with E-state index in [1.54, 1.807) is 28.9 Å². The number of rotatable bonds is 3. The van der Waals surface area contributed by atoms with Gasteiger partial charge >= 0.3 is 0 Å². The van der Waals surface area contributed by atoms with Crippen LogP contribution in [0.15, 0.2) is 84.9 Å². The van der Waals surface area contributed by atoms with Gasteiger partial charge in [0.2, 0.25) is 0 Å². The van der Waals surface area contributed by atoms with Gasteiger partial charge in [0.15, 0.2) is 0 Å². The van der Waals surface area contributed by atoms with Crippen molar-refractivity contribution in [1.82, 2.24) is 9.78 Å². The summed E-state index contributed by atoms with van der Waals surface area (Å²) in [7, 11) is 0. The summed E-state index contributed by atoms with van der Waals surface area (Å²) in [6, 6.07) is 25.8. The van der Waals surface area contributed by atoms with Gasteiger partial charge in [-0.15, -0.1) is 0 Å². The molecule has 1 aromatic heterocycles. The maximum absolute atomic E-state index is 10.3. The average molecular weight is 328 g/mol. The van der Waals surface area contributed by atoms with Crippen molar-refractivity contribution in [2.75, 3.05) is 0 Å². The van der Waals surface area contributed by atoms with Crippen molar-refractivity contribution in [3.8, 4) is 39.7 Å².